The van der Waals surface area contributed by atoms with Crippen LogP contribution in [0.1, 0.15) is 18.5 Å². The maximum absolute atomic E-state index is 12.5. The molecule has 33 heavy (non-hydrogen) atoms. The third kappa shape index (κ3) is 3.88. The molecule has 0 N–H and O–H groups in total. The van der Waals surface area contributed by atoms with Gasteiger partial charge in [-0.15, -0.1) is 0 Å². The number of hydrogen-bond acceptors (Lipinski definition) is 5. The maximum atomic E-state index is 12.5. The van der Waals surface area contributed by atoms with Gasteiger partial charge in [0.05, 0.1) is 28.7 Å². The van der Waals surface area contributed by atoms with Gasteiger partial charge in [-0.25, -0.2) is 4.98 Å². The standard InChI is InChI=1S/C25H25ClN4O2S/c1-32-19-7-4-16(5-8-19)23-21(15-28-10-12-29(13-11-28)24(31)17-2-3-17)30-20-9-6-18(26)14-22(20)33-25(30)27-23/h4-9,14,17H,2-3,10-13,15H2,1H3. The molecule has 0 atom stereocenters. The molecule has 6 rings (SSSR count). The molecule has 8 heteroatoms. The van der Waals surface area contributed by atoms with Gasteiger partial charge in [0.1, 0.15) is 5.75 Å². The second-order valence-electron chi connectivity index (χ2n) is 8.84. The molecule has 0 bridgehead atoms. The Morgan fingerprint density at radius 2 is 1.88 bits per heavy atom. The summed E-state index contributed by atoms with van der Waals surface area (Å²) >= 11 is 7.92. The summed E-state index contributed by atoms with van der Waals surface area (Å²) < 4.78 is 8.75. The number of ether oxygens (including phenoxy) is 1. The van der Waals surface area contributed by atoms with Crippen LogP contribution in [0.25, 0.3) is 26.4 Å². The number of benzene rings is 2. The lowest BCUT2D eigenvalue weighted by Crippen LogP contribution is -2.48. The summed E-state index contributed by atoms with van der Waals surface area (Å²) in [5.41, 5.74) is 4.37. The van der Waals surface area contributed by atoms with Crippen LogP contribution in [0.3, 0.4) is 0 Å². The first kappa shape index (κ1) is 21.0. The van der Waals surface area contributed by atoms with Crippen molar-refractivity contribution in [2.75, 3.05) is 33.3 Å². The second kappa shape index (κ2) is 8.31. The number of hydrogen-bond donors (Lipinski definition) is 0. The first-order valence-corrected chi connectivity index (χ1v) is 12.5. The number of halogens is 1. The van der Waals surface area contributed by atoms with E-state index in [-0.39, 0.29) is 5.92 Å². The van der Waals surface area contributed by atoms with Crippen molar-refractivity contribution in [1.82, 2.24) is 19.2 Å². The van der Waals surface area contributed by atoms with Gasteiger partial charge in [0.25, 0.3) is 0 Å². The highest BCUT2D eigenvalue weighted by Gasteiger charge is 2.34. The summed E-state index contributed by atoms with van der Waals surface area (Å²) in [6.45, 7) is 4.13. The lowest BCUT2D eigenvalue weighted by atomic mass is 10.1. The molecule has 2 aromatic heterocycles. The highest BCUT2D eigenvalue weighted by Crippen LogP contribution is 2.36. The third-order valence-electron chi connectivity index (χ3n) is 6.65. The molecule has 1 saturated heterocycles. The lowest BCUT2D eigenvalue weighted by molar-refractivity contribution is -0.134. The Kier molecular flexibility index (Phi) is 5.28. The highest BCUT2D eigenvalue weighted by molar-refractivity contribution is 7.23. The van der Waals surface area contributed by atoms with Crippen LogP contribution in [0, 0.1) is 5.92 Å². The number of methoxy groups -OCH3 is 1. The summed E-state index contributed by atoms with van der Waals surface area (Å²) in [6.07, 6.45) is 2.13. The number of carbonyl (C=O) groups excluding carboxylic acids is 1. The van der Waals surface area contributed by atoms with E-state index in [1.807, 2.05) is 29.2 Å². The smallest absolute Gasteiger partial charge is 0.225 e. The van der Waals surface area contributed by atoms with Crippen LogP contribution in [0.2, 0.25) is 5.02 Å². The molecule has 2 aromatic carbocycles. The van der Waals surface area contributed by atoms with Crippen molar-refractivity contribution in [3.05, 3.63) is 53.2 Å². The van der Waals surface area contributed by atoms with Crippen molar-refractivity contribution < 1.29 is 9.53 Å². The minimum absolute atomic E-state index is 0.289. The fourth-order valence-electron chi connectivity index (χ4n) is 4.65. The average molecular weight is 481 g/mol. The molecule has 170 valence electrons. The number of amides is 1. The van der Waals surface area contributed by atoms with E-state index in [1.165, 1.54) is 5.69 Å². The third-order valence-corrected chi connectivity index (χ3v) is 7.89. The van der Waals surface area contributed by atoms with E-state index in [1.54, 1.807) is 18.4 Å². The molecule has 2 aliphatic rings. The molecule has 2 fully saturated rings. The van der Waals surface area contributed by atoms with Gasteiger partial charge < -0.3 is 9.64 Å². The molecular formula is C25H25ClN4O2S. The zero-order chi connectivity index (χ0) is 22.5. The molecule has 3 heterocycles. The maximum Gasteiger partial charge on any atom is 0.225 e. The zero-order valence-corrected chi connectivity index (χ0v) is 20.0. The van der Waals surface area contributed by atoms with Crippen LogP contribution < -0.4 is 4.74 Å². The van der Waals surface area contributed by atoms with Crippen LogP contribution >= 0.6 is 22.9 Å². The Labute approximate surface area is 201 Å². The van der Waals surface area contributed by atoms with Crippen molar-refractivity contribution in [3.8, 4) is 17.0 Å². The van der Waals surface area contributed by atoms with Gasteiger partial charge in [0, 0.05) is 49.2 Å². The zero-order valence-electron chi connectivity index (χ0n) is 18.5. The largest absolute Gasteiger partial charge is 0.497 e. The summed E-state index contributed by atoms with van der Waals surface area (Å²) in [5.74, 6) is 1.47. The minimum atomic E-state index is 0.289. The van der Waals surface area contributed by atoms with Crippen molar-refractivity contribution >= 4 is 44.0 Å². The van der Waals surface area contributed by atoms with E-state index < -0.39 is 0 Å². The van der Waals surface area contributed by atoms with E-state index in [2.05, 4.69) is 27.5 Å². The van der Waals surface area contributed by atoms with Crippen molar-refractivity contribution in [3.63, 3.8) is 0 Å². The Bertz CT molecular complexity index is 1330. The fraction of sp³-hybridized carbons (Fsp3) is 0.360. The normalized spacial score (nSPS) is 17.2. The van der Waals surface area contributed by atoms with Crippen molar-refractivity contribution in [1.29, 1.82) is 0 Å². The van der Waals surface area contributed by atoms with E-state index in [9.17, 15) is 4.79 Å². The summed E-state index contributed by atoms with van der Waals surface area (Å²) in [6, 6.07) is 14.1. The first-order chi connectivity index (χ1) is 16.1. The van der Waals surface area contributed by atoms with Crippen molar-refractivity contribution in [2.45, 2.75) is 19.4 Å². The van der Waals surface area contributed by atoms with Gasteiger partial charge in [-0.2, -0.15) is 0 Å². The van der Waals surface area contributed by atoms with Crippen LogP contribution in [-0.2, 0) is 11.3 Å². The lowest BCUT2D eigenvalue weighted by Gasteiger charge is -2.34. The SMILES string of the molecule is COc1ccc(-c2nc3sc4cc(Cl)ccc4n3c2CN2CCN(C(=O)C3CC3)CC2)cc1. The van der Waals surface area contributed by atoms with Gasteiger partial charge in [0.2, 0.25) is 5.91 Å². The Morgan fingerprint density at radius 1 is 1.12 bits per heavy atom. The van der Waals surface area contributed by atoms with Crippen LogP contribution in [-0.4, -0.2) is 58.4 Å². The molecular weight excluding hydrogens is 456 g/mol. The summed E-state index contributed by atoms with van der Waals surface area (Å²) in [5, 5.41) is 0.736. The average Bonchev–Trinajstić information content (AvgIpc) is 3.55. The predicted octanol–water partition coefficient (Wildman–Crippen LogP) is 4.93. The number of aromatic nitrogens is 2. The van der Waals surface area contributed by atoms with Gasteiger partial charge in [-0.1, -0.05) is 22.9 Å². The van der Waals surface area contributed by atoms with E-state index in [4.69, 9.17) is 21.3 Å². The molecule has 1 saturated carbocycles. The molecule has 0 spiro atoms. The number of imidazole rings is 1. The number of rotatable bonds is 5. The van der Waals surface area contributed by atoms with Gasteiger partial charge in [-0.05, 0) is 55.3 Å². The van der Waals surface area contributed by atoms with Crippen LogP contribution in [0.4, 0.5) is 0 Å². The predicted molar refractivity (Wildman–Crippen MR) is 132 cm³/mol. The Hall–Kier alpha value is -2.61. The summed E-state index contributed by atoms with van der Waals surface area (Å²) in [4.78, 5) is 23.0. The van der Waals surface area contributed by atoms with E-state index in [0.717, 1.165) is 82.8 Å². The second-order valence-corrected chi connectivity index (χ2v) is 10.3. The van der Waals surface area contributed by atoms with Crippen LogP contribution in [0.5, 0.6) is 5.75 Å². The molecule has 4 aromatic rings. The molecule has 6 nitrogen and oxygen atoms in total. The van der Waals surface area contributed by atoms with Crippen molar-refractivity contribution in [2.24, 2.45) is 5.92 Å². The van der Waals surface area contributed by atoms with E-state index >= 15 is 0 Å². The fourth-order valence-corrected chi connectivity index (χ4v) is 5.97. The van der Waals surface area contributed by atoms with Gasteiger partial charge >= 0.3 is 0 Å². The molecule has 0 unspecified atom stereocenters. The van der Waals surface area contributed by atoms with E-state index in [0.29, 0.717) is 5.91 Å². The number of carbonyl (C=O) groups is 1. The Morgan fingerprint density at radius 3 is 2.58 bits per heavy atom. The Balaban J connectivity index is 1.36. The highest BCUT2D eigenvalue weighted by atomic mass is 35.5. The van der Waals surface area contributed by atoms with Gasteiger partial charge in [0.15, 0.2) is 4.96 Å². The minimum Gasteiger partial charge on any atom is -0.497 e. The molecule has 0 radical (unpaired) electrons. The topological polar surface area (TPSA) is 50.1 Å². The number of thiazole rings is 1. The number of fused-ring (bicyclic) bond motifs is 3. The number of piperazine rings is 1. The monoisotopic (exact) mass is 480 g/mol. The first-order valence-electron chi connectivity index (χ1n) is 11.4. The molecule has 1 aliphatic carbocycles. The van der Waals surface area contributed by atoms with Gasteiger partial charge in [-0.3, -0.25) is 14.1 Å². The quantitative estimate of drug-likeness (QED) is 0.406. The molecule has 1 aliphatic heterocycles. The summed E-state index contributed by atoms with van der Waals surface area (Å²) in [7, 11) is 1.68. The molecule has 1 amide bonds. The number of nitrogens with zero attached hydrogens (tertiary/aromatic N) is 4. The van der Waals surface area contributed by atoms with Crippen LogP contribution in [0.15, 0.2) is 42.5 Å².